The van der Waals surface area contributed by atoms with Gasteiger partial charge >= 0.3 is 0 Å². The standard InChI is InChI=1S/C26H27I/c1-2-3-4-5-12-21-26(22-13-8-6-9-14-22,23-15-10-7-11-16-23)24-17-19-25(27)20-18-24/h2-15,17,19,23H,1,16,18,20-21H2/b4-3-,12-5-. The van der Waals surface area contributed by atoms with Gasteiger partial charge in [0.25, 0.3) is 0 Å². The van der Waals surface area contributed by atoms with Crippen molar-refractivity contribution in [1.82, 2.24) is 0 Å². The molecule has 1 heteroatoms. The topological polar surface area (TPSA) is 0 Å². The smallest absolute Gasteiger partial charge is 0.0265 e. The molecule has 0 fully saturated rings. The van der Waals surface area contributed by atoms with E-state index in [0.717, 1.165) is 25.7 Å². The Morgan fingerprint density at radius 2 is 1.89 bits per heavy atom. The third-order valence-corrected chi connectivity index (χ3v) is 6.41. The monoisotopic (exact) mass is 466 g/mol. The molecule has 0 nitrogen and oxygen atoms in total. The molecule has 2 unspecified atom stereocenters. The Morgan fingerprint density at radius 1 is 1.04 bits per heavy atom. The summed E-state index contributed by atoms with van der Waals surface area (Å²) in [4.78, 5) is 0. The maximum atomic E-state index is 3.75. The van der Waals surface area contributed by atoms with E-state index >= 15 is 0 Å². The first-order chi connectivity index (χ1) is 13.3. The summed E-state index contributed by atoms with van der Waals surface area (Å²) in [5.41, 5.74) is 2.97. The van der Waals surface area contributed by atoms with Gasteiger partial charge in [-0.1, -0.05) is 109 Å². The quantitative estimate of drug-likeness (QED) is 0.284. The summed E-state index contributed by atoms with van der Waals surface area (Å²) in [5, 5.41) is 0. The third-order valence-electron chi connectivity index (χ3n) is 5.51. The number of benzene rings is 1. The lowest BCUT2D eigenvalue weighted by Gasteiger charge is -2.43. The van der Waals surface area contributed by atoms with Crippen LogP contribution in [0.4, 0.5) is 0 Å². The van der Waals surface area contributed by atoms with Crippen molar-refractivity contribution in [2.24, 2.45) is 5.92 Å². The molecular weight excluding hydrogens is 439 g/mol. The molecule has 0 saturated carbocycles. The van der Waals surface area contributed by atoms with Gasteiger partial charge in [-0.05, 0) is 63.3 Å². The first-order valence-corrected chi connectivity index (χ1v) is 10.7. The van der Waals surface area contributed by atoms with Crippen LogP contribution < -0.4 is 0 Å². The lowest BCUT2D eigenvalue weighted by Crippen LogP contribution is -2.37. The molecule has 0 bridgehead atoms. The molecule has 0 amide bonds. The molecule has 2 aliphatic rings. The molecular formula is C26H27I. The van der Waals surface area contributed by atoms with Crippen molar-refractivity contribution in [3.8, 4) is 0 Å². The fraction of sp³-hybridized carbons (Fsp3) is 0.231. The summed E-state index contributed by atoms with van der Waals surface area (Å²) in [7, 11) is 0. The lowest BCUT2D eigenvalue weighted by molar-refractivity contribution is 0.364. The second kappa shape index (κ2) is 9.89. The summed E-state index contributed by atoms with van der Waals surface area (Å²) < 4.78 is 1.45. The van der Waals surface area contributed by atoms with Crippen molar-refractivity contribution in [3.63, 3.8) is 0 Å². The zero-order valence-electron chi connectivity index (χ0n) is 15.7. The number of hydrogen-bond acceptors (Lipinski definition) is 0. The van der Waals surface area contributed by atoms with E-state index in [1.165, 1.54) is 9.14 Å². The Morgan fingerprint density at radius 3 is 2.56 bits per heavy atom. The van der Waals surface area contributed by atoms with Crippen LogP contribution >= 0.6 is 22.6 Å². The highest BCUT2D eigenvalue weighted by molar-refractivity contribution is 14.1. The molecule has 0 saturated heterocycles. The van der Waals surface area contributed by atoms with Gasteiger partial charge in [-0.25, -0.2) is 0 Å². The van der Waals surface area contributed by atoms with Gasteiger partial charge in [0.1, 0.15) is 0 Å². The van der Waals surface area contributed by atoms with Gasteiger partial charge in [0.05, 0.1) is 0 Å². The Balaban J connectivity index is 2.10. The van der Waals surface area contributed by atoms with E-state index < -0.39 is 0 Å². The molecule has 27 heavy (non-hydrogen) atoms. The number of rotatable bonds is 7. The van der Waals surface area contributed by atoms with Gasteiger partial charge in [0.2, 0.25) is 0 Å². The third kappa shape index (κ3) is 4.70. The minimum absolute atomic E-state index is 0.00508. The minimum atomic E-state index is -0.00508. The number of hydrogen-bond donors (Lipinski definition) is 0. The molecule has 0 radical (unpaired) electrons. The maximum absolute atomic E-state index is 3.75. The summed E-state index contributed by atoms with van der Waals surface area (Å²) in [6.45, 7) is 3.75. The zero-order valence-corrected chi connectivity index (χ0v) is 17.9. The Labute approximate surface area is 177 Å². The second-order valence-corrected chi connectivity index (χ2v) is 8.44. The van der Waals surface area contributed by atoms with Crippen LogP contribution in [0, 0.1) is 5.92 Å². The van der Waals surface area contributed by atoms with Crippen LogP contribution in [-0.4, -0.2) is 0 Å². The molecule has 0 N–H and O–H groups in total. The number of halogens is 1. The summed E-state index contributed by atoms with van der Waals surface area (Å²) in [5.74, 6) is 0.466. The fourth-order valence-electron chi connectivity index (χ4n) is 4.18. The van der Waals surface area contributed by atoms with Crippen LogP contribution in [0.2, 0.25) is 0 Å². The Bertz CT molecular complexity index is 817. The van der Waals surface area contributed by atoms with E-state index in [1.54, 1.807) is 5.57 Å². The highest BCUT2D eigenvalue weighted by Gasteiger charge is 2.41. The molecule has 0 spiro atoms. The molecule has 2 atom stereocenters. The predicted octanol–water partition coefficient (Wildman–Crippen LogP) is 7.78. The van der Waals surface area contributed by atoms with Crippen molar-refractivity contribution >= 4 is 22.6 Å². The first-order valence-electron chi connectivity index (χ1n) is 9.66. The highest BCUT2D eigenvalue weighted by atomic mass is 127. The van der Waals surface area contributed by atoms with Gasteiger partial charge in [-0.2, -0.15) is 0 Å². The Kier molecular flexibility index (Phi) is 7.28. The van der Waals surface area contributed by atoms with Crippen LogP contribution in [0.1, 0.15) is 31.2 Å². The van der Waals surface area contributed by atoms with Crippen LogP contribution in [-0.2, 0) is 5.41 Å². The van der Waals surface area contributed by atoms with Crippen molar-refractivity contribution < 1.29 is 0 Å². The van der Waals surface area contributed by atoms with Gasteiger partial charge in [0, 0.05) is 5.41 Å². The Hall–Kier alpha value is -1.87. The lowest BCUT2D eigenvalue weighted by atomic mass is 9.60. The normalized spacial score (nSPS) is 21.9. The minimum Gasteiger partial charge on any atom is -0.0991 e. The molecule has 0 aliphatic heterocycles. The average Bonchev–Trinajstić information content (AvgIpc) is 2.73. The van der Waals surface area contributed by atoms with Gasteiger partial charge in [-0.3, -0.25) is 0 Å². The van der Waals surface area contributed by atoms with E-state index in [9.17, 15) is 0 Å². The van der Waals surface area contributed by atoms with Crippen LogP contribution in [0.5, 0.6) is 0 Å². The van der Waals surface area contributed by atoms with Crippen LogP contribution in [0.3, 0.4) is 0 Å². The second-order valence-electron chi connectivity index (χ2n) is 7.05. The van der Waals surface area contributed by atoms with Crippen LogP contribution in [0.25, 0.3) is 0 Å². The SMILES string of the molecule is C=C/C=C\C=C/CC(C1=CC=C(I)CC1)(c1ccccc1)C1C=CC=CC1. The van der Waals surface area contributed by atoms with Gasteiger partial charge < -0.3 is 0 Å². The molecule has 3 rings (SSSR count). The zero-order chi connectivity index (χ0) is 19.0. The van der Waals surface area contributed by atoms with Crippen LogP contribution in [0.15, 0.2) is 113 Å². The van der Waals surface area contributed by atoms with Gasteiger partial charge in [-0.15, -0.1) is 0 Å². The predicted molar refractivity (Wildman–Crippen MR) is 127 cm³/mol. The summed E-state index contributed by atoms with van der Waals surface area (Å²) in [6.07, 6.45) is 28.5. The van der Waals surface area contributed by atoms with E-state index in [4.69, 9.17) is 0 Å². The van der Waals surface area contributed by atoms with Crippen molar-refractivity contribution in [2.45, 2.75) is 31.1 Å². The molecule has 1 aromatic carbocycles. The molecule has 0 aromatic heterocycles. The largest absolute Gasteiger partial charge is 0.0991 e. The average molecular weight is 466 g/mol. The van der Waals surface area contributed by atoms with E-state index in [0.29, 0.717) is 5.92 Å². The van der Waals surface area contributed by atoms with E-state index in [1.807, 2.05) is 12.2 Å². The molecule has 1 aromatic rings. The molecule has 2 aliphatic carbocycles. The summed E-state index contributed by atoms with van der Waals surface area (Å²) >= 11 is 2.47. The van der Waals surface area contributed by atoms with Crippen molar-refractivity contribution in [2.75, 3.05) is 0 Å². The number of allylic oxidation sites excluding steroid dienone is 13. The first kappa shape index (κ1) is 19.9. The van der Waals surface area contributed by atoms with Crippen molar-refractivity contribution in [1.29, 1.82) is 0 Å². The van der Waals surface area contributed by atoms with Crippen molar-refractivity contribution in [3.05, 3.63) is 118 Å². The molecule has 138 valence electrons. The van der Waals surface area contributed by atoms with E-state index in [2.05, 4.69) is 114 Å². The highest BCUT2D eigenvalue weighted by Crippen LogP contribution is 2.49. The molecule has 0 heterocycles. The van der Waals surface area contributed by atoms with Gasteiger partial charge in [0.15, 0.2) is 0 Å². The fourth-order valence-corrected chi connectivity index (χ4v) is 4.63. The summed E-state index contributed by atoms with van der Waals surface area (Å²) in [6, 6.07) is 11.1. The maximum Gasteiger partial charge on any atom is 0.0265 e. The van der Waals surface area contributed by atoms with E-state index in [-0.39, 0.29) is 5.41 Å².